The Labute approximate surface area is 89.0 Å². The molecule has 2 aliphatic rings. The van der Waals surface area contributed by atoms with Crippen LogP contribution in [-0.4, -0.2) is 23.0 Å². The molecule has 0 radical (unpaired) electrons. The largest absolute Gasteiger partial charge is 0.480 e. The molecule has 0 aliphatic heterocycles. The average molecular weight is 211 g/mol. The van der Waals surface area contributed by atoms with Gasteiger partial charge < -0.3 is 10.4 Å². The van der Waals surface area contributed by atoms with Gasteiger partial charge in [0.15, 0.2) is 0 Å². The molecular formula is C11H17NO3. The van der Waals surface area contributed by atoms with Crippen LogP contribution in [0.25, 0.3) is 0 Å². The molecule has 84 valence electrons. The number of nitrogens with one attached hydrogen (secondary N) is 1. The van der Waals surface area contributed by atoms with Crippen molar-refractivity contribution in [3.63, 3.8) is 0 Å². The van der Waals surface area contributed by atoms with Gasteiger partial charge in [0, 0.05) is 6.42 Å². The zero-order valence-corrected chi connectivity index (χ0v) is 8.74. The van der Waals surface area contributed by atoms with E-state index in [0.29, 0.717) is 24.7 Å². The lowest BCUT2D eigenvalue weighted by Crippen LogP contribution is -2.41. The molecule has 1 amide bonds. The van der Waals surface area contributed by atoms with E-state index in [1.54, 1.807) is 0 Å². The number of carboxylic acids is 1. The maximum absolute atomic E-state index is 11.4. The summed E-state index contributed by atoms with van der Waals surface area (Å²) in [4.78, 5) is 22.3. The maximum atomic E-state index is 11.4. The standard InChI is InChI=1S/C11H17NO3/c13-10(6-8-3-4-8)12-9(11(14)15)5-7-1-2-7/h7-9H,1-6H2,(H,12,13)(H,14,15)/t9-/m1/s1. The summed E-state index contributed by atoms with van der Waals surface area (Å²) >= 11 is 0. The van der Waals surface area contributed by atoms with Gasteiger partial charge in [-0.25, -0.2) is 4.79 Å². The van der Waals surface area contributed by atoms with Gasteiger partial charge in [0.1, 0.15) is 6.04 Å². The summed E-state index contributed by atoms with van der Waals surface area (Å²) < 4.78 is 0. The van der Waals surface area contributed by atoms with E-state index >= 15 is 0 Å². The van der Waals surface area contributed by atoms with Crippen molar-refractivity contribution in [2.45, 2.75) is 44.6 Å². The molecular weight excluding hydrogens is 194 g/mol. The summed E-state index contributed by atoms with van der Waals surface area (Å²) in [6.07, 6.45) is 5.58. The van der Waals surface area contributed by atoms with Crippen molar-refractivity contribution in [1.29, 1.82) is 0 Å². The number of aliphatic carboxylic acids is 1. The Kier molecular flexibility index (Phi) is 2.93. The summed E-state index contributed by atoms with van der Waals surface area (Å²) in [5.41, 5.74) is 0. The van der Waals surface area contributed by atoms with Crippen molar-refractivity contribution in [1.82, 2.24) is 5.32 Å². The molecule has 2 rings (SSSR count). The summed E-state index contributed by atoms with van der Waals surface area (Å²) in [6.45, 7) is 0. The lowest BCUT2D eigenvalue weighted by atomic mass is 10.1. The predicted molar refractivity (Wildman–Crippen MR) is 54.2 cm³/mol. The molecule has 2 N–H and O–H groups in total. The van der Waals surface area contributed by atoms with Crippen molar-refractivity contribution in [2.24, 2.45) is 11.8 Å². The van der Waals surface area contributed by atoms with Crippen LogP contribution >= 0.6 is 0 Å². The molecule has 15 heavy (non-hydrogen) atoms. The molecule has 0 aromatic carbocycles. The minimum absolute atomic E-state index is 0.0921. The fourth-order valence-electron chi connectivity index (χ4n) is 1.75. The third-order valence-corrected chi connectivity index (χ3v) is 3.07. The number of amides is 1. The molecule has 4 nitrogen and oxygen atoms in total. The lowest BCUT2D eigenvalue weighted by Gasteiger charge is -2.13. The highest BCUT2D eigenvalue weighted by Gasteiger charge is 2.31. The van der Waals surface area contributed by atoms with Crippen molar-refractivity contribution < 1.29 is 14.7 Å². The SMILES string of the molecule is O=C(CC1CC1)N[C@H](CC1CC1)C(=O)O. The second kappa shape index (κ2) is 4.21. The van der Waals surface area contributed by atoms with Crippen molar-refractivity contribution in [3.05, 3.63) is 0 Å². The molecule has 0 unspecified atom stereocenters. The number of carboxylic acid groups (broad SMARTS) is 1. The van der Waals surface area contributed by atoms with Gasteiger partial charge in [-0.2, -0.15) is 0 Å². The monoisotopic (exact) mass is 211 g/mol. The number of hydrogen-bond acceptors (Lipinski definition) is 2. The molecule has 2 aliphatic carbocycles. The van der Waals surface area contributed by atoms with Gasteiger partial charge in [-0.3, -0.25) is 4.79 Å². The third kappa shape index (κ3) is 3.53. The molecule has 0 aromatic heterocycles. The molecule has 1 atom stereocenters. The number of carbonyl (C=O) groups excluding carboxylic acids is 1. The van der Waals surface area contributed by atoms with Gasteiger partial charge in [0.05, 0.1) is 0 Å². The zero-order chi connectivity index (χ0) is 10.8. The summed E-state index contributed by atoms with van der Waals surface area (Å²) in [5, 5.41) is 11.6. The van der Waals surface area contributed by atoms with Gasteiger partial charge >= 0.3 is 5.97 Å². The van der Waals surface area contributed by atoms with Crippen LogP contribution in [0.2, 0.25) is 0 Å². The summed E-state index contributed by atoms with van der Waals surface area (Å²) in [6, 6.07) is -0.663. The summed E-state index contributed by atoms with van der Waals surface area (Å²) in [7, 11) is 0. The Morgan fingerprint density at radius 3 is 2.27 bits per heavy atom. The number of carbonyl (C=O) groups is 2. The van der Waals surface area contributed by atoms with E-state index < -0.39 is 12.0 Å². The third-order valence-electron chi connectivity index (χ3n) is 3.07. The van der Waals surface area contributed by atoms with Crippen molar-refractivity contribution in [2.75, 3.05) is 0 Å². The normalized spacial score (nSPS) is 22.1. The van der Waals surface area contributed by atoms with Crippen LogP contribution in [-0.2, 0) is 9.59 Å². The quantitative estimate of drug-likeness (QED) is 0.692. The highest BCUT2D eigenvalue weighted by atomic mass is 16.4. The van der Waals surface area contributed by atoms with Crippen LogP contribution in [0.1, 0.15) is 38.5 Å². The Hall–Kier alpha value is -1.06. The van der Waals surface area contributed by atoms with Crippen molar-refractivity contribution >= 4 is 11.9 Å². The second-order valence-electron chi connectivity index (χ2n) is 4.78. The highest BCUT2D eigenvalue weighted by molar-refractivity contribution is 5.83. The van der Waals surface area contributed by atoms with E-state index in [0.717, 1.165) is 25.7 Å². The van der Waals surface area contributed by atoms with E-state index in [1.165, 1.54) is 0 Å². The minimum Gasteiger partial charge on any atom is -0.480 e. The van der Waals surface area contributed by atoms with E-state index in [2.05, 4.69) is 5.32 Å². The van der Waals surface area contributed by atoms with Crippen LogP contribution in [0.4, 0.5) is 0 Å². The zero-order valence-electron chi connectivity index (χ0n) is 8.74. The van der Waals surface area contributed by atoms with Gasteiger partial charge in [-0.15, -0.1) is 0 Å². The first kappa shape index (κ1) is 10.5. The molecule has 0 bridgehead atoms. The first-order chi connectivity index (χ1) is 7.15. The minimum atomic E-state index is -0.897. The van der Waals surface area contributed by atoms with Gasteiger partial charge in [-0.1, -0.05) is 12.8 Å². The Morgan fingerprint density at radius 2 is 1.80 bits per heavy atom. The Bertz CT molecular complexity index is 269. The van der Waals surface area contributed by atoms with E-state index in [1.807, 2.05) is 0 Å². The van der Waals surface area contributed by atoms with Crippen LogP contribution < -0.4 is 5.32 Å². The topological polar surface area (TPSA) is 66.4 Å². The molecule has 4 heteroatoms. The smallest absolute Gasteiger partial charge is 0.326 e. The van der Waals surface area contributed by atoms with Crippen molar-refractivity contribution in [3.8, 4) is 0 Å². The lowest BCUT2D eigenvalue weighted by molar-refractivity contribution is -0.142. The van der Waals surface area contributed by atoms with Crippen LogP contribution in [0.3, 0.4) is 0 Å². The van der Waals surface area contributed by atoms with Gasteiger partial charge in [0.25, 0.3) is 0 Å². The fraction of sp³-hybridized carbons (Fsp3) is 0.818. The maximum Gasteiger partial charge on any atom is 0.326 e. The molecule has 0 spiro atoms. The molecule has 0 saturated heterocycles. The molecule has 2 saturated carbocycles. The highest BCUT2D eigenvalue weighted by Crippen LogP contribution is 2.34. The average Bonchev–Trinajstić information content (AvgIpc) is 2.96. The predicted octanol–water partition coefficient (Wildman–Crippen LogP) is 1.16. The summed E-state index contributed by atoms with van der Waals surface area (Å²) in [5.74, 6) is 0.0456. The number of hydrogen-bond donors (Lipinski definition) is 2. The second-order valence-corrected chi connectivity index (χ2v) is 4.78. The first-order valence-electron chi connectivity index (χ1n) is 5.67. The van der Waals surface area contributed by atoms with Crippen LogP contribution in [0.5, 0.6) is 0 Å². The Balaban J connectivity index is 1.75. The molecule has 0 aromatic rings. The van der Waals surface area contributed by atoms with Crippen LogP contribution in [0.15, 0.2) is 0 Å². The van der Waals surface area contributed by atoms with E-state index in [4.69, 9.17) is 5.11 Å². The first-order valence-corrected chi connectivity index (χ1v) is 5.67. The van der Waals surface area contributed by atoms with Gasteiger partial charge in [-0.05, 0) is 31.1 Å². The van der Waals surface area contributed by atoms with E-state index in [9.17, 15) is 9.59 Å². The van der Waals surface area contributed by atoms with Gasteiger partial charge in [0.2, 0.25) is 5.91 Å². The van der Waals surface area contributed by atoms with Crippen LogP contribution in [0, 0.1) is 11.8 Å². The van der Waals surface area contributed by atoms with E-state index in [-0.39, 0.29) is 5.91 Å². The fourth-order valence-corrected chi connectivity index (χ4v) is 1.75. The molecule has 2 fully saturated rings. The Morgan fingerprint density at radius 1 is 1.20 bits per heavy atom. The molecule has 0 heterocycles. The number of rotatable bonds is 6.